The fourth-order valence-electron chi connectivity index (χ4n) is 2.65. The molecule has 0 fully saturated rings. The second-order valence-corrected chi connectivity index (χ2v) is 7.37. The Morgan fingerprint density at radius 3 is 2.89 bits per heavy atom. The molecular weight excluding hydrogens is 372 g/mol. The van der Waals surface area contributed by atoms with Crippen molar-refractivity contribution in [2.45, 2.75) is 23.9 Å². The second kappa shape index (κ2) is 8.55. The molecule has 0 saturated heterocycles. The second-order valence-electron chi connectivity index (χ2n) is 6.06. The minimum atomic E-state index is -0.505. The van der Waals surface area contributed by atoms with Crippen molar-refractivity contribution in [2.75, 3.05) is 5.32 Å². The zero-order valence-electron chi connectivity index (χ0n) is 15.3. The van der Waals surface area contributed by atoms with Gasteiger partial charge in [0.05, 0.1) is 27.8 Å². The molecule has 28 heavy (non-hydrogen) atoms. The highest BCUT2D eigenvalue weighted by Crippen LogP contribution is 2.24. The van der Waals surface area contributed by atoms with Crippen LogP contribution in [0.4, 0.5) is 5.69 Å². The van der Waals surface area contributed by atoms with E-state index < -0.39 is 5.25 Å². The Labute approximate surface area is 166 Å². The van der Waals surface area contributed by atoms with E-state index in [4.69, 9.17) is 5.26 Å². The number of carbonyl (C=O) groups excluding carboxylic acids is 1. The lowest BCUT2D eigenvalue weighted by atomic mass is 10.2. The van der Waals surface area contributed by atoms with Crippen molar-refractivity contribution in [1.29, 1.82) is 5.26 Å². The monoisotopic (exact) mass is 390 g/mol. The molecule has 0 aliphatic rings. The number of anilines is 1. The van der Waals surface area contributed by atoms with Crippen LogP contribution in [0, 0.1) is 11.3 Å². The number of aromatic nitrogens is 2. The molecule has 0 radical (unpaired) electrons. The third-order valence-corrected chi connectivity index (χ3v) is 5.14. The fourth-order valence-corrected chi connectivity index (χ4v) is 3.57. The third-order valence-electron chi connectivity index (χ3n) is 4.05. The molecule has 6 nitrogen and oxygen atoms in total. The van der Waals surface area contributed by atoms with Gasteiger partial charge in [-0.05, 0) is 37.3 Å². The van der Waals surface area contributed by atoms with E-state index in [2.05, 4.69) is 16.9 Å². The first-order valence-corrected chi connectivity index (χ1v) is 9.49. The highest BCUT2D eigenvalue weighted by atomic mass is 32.2. The standard InChI is InChI=1S/C21H18N4O2S/c1-3-11-25-20(27)17-9-4-5-10-18(17)24-21(25)28-14(2)19(26)23-16-8-6-7-15(12-16)13-22/h3-10,12,14H,1,11H2,2H3,(H,23,26)/t14-/m0/s1. The molecule has 7 heteroatoms. The number of rotatable bonds is 6. The number of amides is 1. The average Bonchev–Trinajstić information content (AvgIpc) is 2.71. The van der Waals surface area contributed by atoms with E-state index >= 15 is 0 Å². The molecule has 2 aromatic carbocycles. The summed E-state index contributed by atoms with van der Waals surface area (Å²) in [6, 6.07) is 15.9. The van der Waals surface area contributed by atoms with E-state index in [9.17, 15) is 9.59 Å². The number of thioether (sulfide) groups is 1. The number of carbonyl (C=O) groups is 1. The predicted molar refractivity (Wildman–Crippen MR) is 111 cm³/mol. The Morgan fingerprint density at radius 1 is 1.36 bits per heavy atom. The molecular formula is C21H18N4O2S. The maximum Gasteiger partial charge on any atom is 0.262 e. The first-order chi connectivity index (χ1) is 13.5. The van der Waals surface area contributed by atoms with Crippen LogP contribution in [0.15, 0.2) is 71.1 Å². The van der Waals surface area contributed by atoms with Gasteiger partial charge in [-0.15, -0.1) is 6.58 Å². The fraction of sp³-hybridized carbons (Fsp3) is 0.143. The van der Waals surface area contributed by atoms with Gasteiger partial charge >= 0.3 is 0 Å². The third kappa shape index (κ3) is 4.13. The van der Waals surface area contributed by atoms with Crippen LogP contribution in [0.2, 0.25) is 0 Å². The van der Waals surface area contributed by atoms with Crippen molar-refractivity contribution < 1.29 is 4.79 Å². The van der Waals surface area contributed by atoms with Crippen LogP contribution in [-0.4, -0.2) is 20.7 Å². The number of allylic oxidation sites excluding steroid dienone is 1. The van der Waals surface area contributed by atoms with Crippen LogP contribution in [0.25, 0.3) is 10.9 Å². The summed E-state index contributed by atoms with van der Waals surface area (Å²) >= 11 is 1.20. The number of hydrogen-bond donors (Lipinski definition) is 1. The zero-order chi connectivity index (χ0) is 20.1. The van der Waals surface area contributed by atoms with E-state index in [0.717, 1.165) is 0 Å². The summed E-state index contributed by atoms with van der Waals surface area (Å²) in [6.45, 7) is 5.75. The topological polar surface area (TPSA) is 87.8 Å². The summed E-state index contributed by atoms with van der Waals surface area (Å²) in [6.07, 6.45) is 1.63. The van der Waals surface area contributed by atoms with Gasteiger partial charge < -0.3 is 5.32 Å². The van der Waals surface area contributed by atoms with Crippen LogP contribution >= 0.6 is 11.8 Å². The van der Waals surface area contributed by atoms with Gasteiger partial charge in [-0.3, -0.25) is 14.2 Å². The quantitative estimate of drug-likeness (QED) is 0.395. The van der Waals surface area contributed by atoms with E-state index in [1.807, 2.05) is 12.1 Å². The molecule has 1 N–H and O–H groups in total. The van der Waals surface area contributed by atoms with E-state index in [1.54, 1.807) is 55.5 Å². The highest BCUT2D eigenvalue weighted by molar-refractivity contribution is 8.00. The lowest BCUT2D eigenvalue weighted by Gasteiger charge is -2.15. The molecule has 0 aliphatic carbocycles. The molecule has 0 spiro atoms. The minimum Gasteiger partial charge on any atom is -0.325 e. The van der Waals surface area contributed by atoms with Crippen molar-refractivity contribution >= 4 is 34.3 Å². The number of nitrogens with one attached hydrogen (secondary N) is 1. The summed E-state index contributed by atoms with van der Waals surface area (Å²) in [5.74, 6) is -0.243. The molecule has 0 saturated carbocycles. The molecule has 0 bridgehead atoms. The lowest BCUT2D eigenvalue weighted by Crippen LogP contribution is -2.26. The van der Waals surface area contributed by atoms with Gasteiger partial charge in [0.2, 0.25) is 5.91 Å². The van der Waals surface area contributed by atoms with Gasteiger partial charge in [-0.1, -0.05) is 36.0 Å². The Bertz CT molecular complexity index is 1150. The molecule has 140 valence electrons. The van der Waals surface area contributed by atoms with Gasteiger partial charge in [-0.2, -0.15) is 5.26 Å². The summed E-state index contributed by atoms with van der Waals surface area (Å²) in [7, 11) is 0. The minimum absolute atomic E-state index is 0.165. The zero-order valence-corrected chi connectivity index (χ0v) is 16.1. The van der Waals surface area contributed by atoms with Crippen molar-refractivity contribution in [2.24, 2.45) is 0 Å². The number of fused-ring (bicyclic) bond motifs is 1. The SMILES string of the molecule is C=CCn1c(S[C@@H](C)C(=O)Nc2cccc(C#N)c2)nc2ccccc2c1=O. The molecule has 1 heterocycles. The van der Waals surface area contributed by atoms with Gasteiger partial charge in [0.15, 0.2) is 5.16 Å². The maximum absolute atomic E-state index is 12.8. The number of para-hydroxylation sites is 1. The van der Waals surface area contributed by atoms with E-state index in [0.29, 0.717) is 33.9 Å². The van der Waals surface area contributed by atoms with Crippen molar-refractivity contribution in [3.8, 4) is 6.07 Å². The van der Waals surface area contributed by atoms with E-state index in [-0.39, 0.29) is 11.5 Å². The molecule has 3 rings (SSSR count). The number of benzene rings is 2. The van der Waals surface area contributed by atoms with Crippen LogP contribution in [0.3, 0.4) is 0 Å². The Hall–Kier alpha value is -3.37. The normalized spacial score (nSPS) is 11.6. The molecule has 1 amide bonds. The van der Waals surface area contributed by atoms with Crippen molar-refractivity contribution in [1.82, 2.24) is 9.55 Å². The van der Waals surface area contributed by atoms with Crippen LogP contribution in [0.1, 0.15) is 12.5 Å². The lowest BCUT2D eigenvalue weighted by molar-refractivity contribution is -0.115. The first kappa shape index (κ1) is 19.4. The summed E-state index contributed by atoms with van der Waals surface area (Å²) in [5.41, 5.74) is 1.44. The largest absolute Gasteiger partial charge is 0.325 e. The molecule has 1 atom stereocenters. The van der Waals surface area contributed by atoms with Gasteiger partial charge in [0.25, 0.3) is 5.56 Å². The number of nitrogens with zero attached hydrogens (tertiary/aromatic N) is 3. The van der Waals surface area contributed by atoms with Crippen molar-refractivity contribution in [3.63, 3.8) is 0 Å². The first-order valence-electron chi connectivity index (χ1n) is 8.61. The van der Waals surface area contributed by atoms with Crippen LogP contribution in [-0.2, 0) is 11.3 Å². The van der Waals surface area contributed by atoms with E-state index in [1.165, 1.54) is 16.3 Å². The van der Waals surface area contributed by atoms with Gasteiger partial charge in [0.1, 0.15) is 0 Å². The molecule has 3 aromatic rings. The predicted octanol–water partition coefficient (Wildman–Crippen LogP) is 3.57. The number of hydrogen-bond acceptors (Lipinski definition) is 5. The van der Waals surface area contributed by atoms with Crippen LogP contribution in [0.5, 0.6) is 0 Å². The summed E-state index contributed by atoms with van der Waals surface area (Å²) in [4.78, 5) is 29.9. The molecule has 0 aliphatic heterocycles. The van der Waals surface area contributed by atoms with Crippen molar-refractivity contribution in [3.05, 3.63) is 77.1 Å². The van der Waals surface area contributed by atoms with Gasteiger partial charge in [-0.25, -0.2) is 4.98 Å². The summed E-state index contributed by atoms with van der Waals surface area (Å²) < 4.78 is 1.51. The average molecular weight is 390 g/mol. The smallest absolute Gasteiger partial charge is 0.262 e. The Morgan fingerprint density at radius 2 is 2.14 bits per heavy atom. The molecule has 1 aromatic heterocycles. The van der Waals surface area contributed by atoms with Crippen LogP contribution < -0.4 is 10.9 Å². The Kier molecular flexibility index (Phi) is 5.92. The number of nitriles is 1. The maximum atomic E-state index is 12.8. The highest BCUT2D eigenvalue weighted by Gasteiger charge is 2.19. The molecule has 0 unspecified atom stereocenters. The van der Waals surface area contributed by atoms with Gasteiger partial charge in [0, 0.05) is 12.2 Å². The Balaban J connectivity index is 1.87. The summed E-state index contributed by atoms with van der Waals surface area (Å²) in [5, 5.41) is 12.2.